The third kappa shape index (κ3) is 9.17. The molecule has 0 radical (unpaired) electrons. The molecule has 0 aliphatic rings. The van der Waals surface area contributed by atoms with E-state index in [1.54, 1.807) is 27.1 Å². The number of anilines is 1. The van der Waals surface area contributed by atoms with E-state index in [0.717, 1.165) is 5.56 Å². The lowest BCUT2D eigenvalue weighted by atomic mass is 9.76. The van der Waals surface area contributed by atoms with E-state index in [0.29, 0.717) is 11.3 Å². The molecule has 0 aliphatic carbocycles. The highest BCUT2D eigenvalue weighted by molar-refractivity contribution is 7.90. The molecule has 3 amide bonds. The molecule has 0 bridgehead atoms. The summed E-state index contributed by atoms with van der Waals surface area (Å²) in [6.45, 7) is 16.6. The van der Waals surface area contributed by atoms with Crippen molar-refractivity contribution in [2.45, 2.75) is 90.7 Å². The predicted molar refractivity (Wildman–Crippen MR) is 180 cm³/mol. The molecule has 0 fully saturated rings. The third-order valence-corrected chi connectivity index (χ3v) is 9.55. The number of rotatable bonds is 12. The van der Waals surface area contributed by atoms with Crippen LogP contribution >= 0.6 is 0 Å². The summed E-state index contributed by atoms with van der Waals surface area (Å²) in [5.74, 6) is -1.60. The van der Waals surface area contributed by atoms with Gasteiger partial charge in [0.15, 0.2) is 0 Å². The average molecular weight is 642 g/mol. The Balaban J connectivity index is 2.34. The number of nitrogens with one attached hydrogen (secondary N) is 3. The smallest absolute Gasteiger partial charge is 0.264 e. The van der Waals surface area contributed by atoms with E-state index in [-0.39, 0.29) is 28.2 Å². The summed E-state index contributed by atoms with van der Waals surface area (Å²) >= 11 is 0. The first-order valence-electron chi connectivity index (χ1n) is 15.1. The molecule has 0 spiro atoms. The van der Waals surface area contributed by atoms with Gasteiger partial charge in [-0.3, -0.25) is 14.4 Å². The second kappa shape index (κ2) is 14.6. The molecule has 5 N–H and O–H groups in total. The Labute approximate surface area is 269 Å². The van der Waals surface area contributed by atoms with E-state index in [2.05, 4.69) is 15.4 Å². The van der Waals surface area contributed by atoms with E-state index < -0.39 is 44.9 Å². The van der Waals surface area contributed by atoms with Crippen LogP contribution in [0.15, 0.2) is 65.1 Å². The molecule has 2 aromatic rings. The number of nitrogen functional groups attached to an aromatic ring is 1. The average Bonchev–Trinajstić information content (AvgIpc) is 2.94. The molecule has 10 nitrogen and oxygen atoms in total. The van der Waals surface area contributed by atoms with Crippen LogP contribution in [0.2, 0.25) is 0 Å². The van der Waals surface area contributed by atoms with Gasteiger partial charge in [-0.2, -0.15) is 0 Å². The van der Waals surface area contributed by atoms with Gasteiger partial charge < -0.3 is 21.3 Å². The highest BCUT2D eigenvalue weighted by Gasteiger charge is 2.41. The van der Waals surface area contributed by atoms with Gasteiger partial charge in [-0.1, -0.05) is 84.9 Å². The maximum atomic E-state index is 14.1. The van der Waals surface area contributed by atoms with E-state index in [4.69, 9.17) is 5.73 Å². The van der Waals surface area contributed by atoms with Crippen LogP contribution in [0.1, 0.15) is 66.5 Å². The van der Waals surface area contributed by atoms with Crippen molar-refractivity contribution in [1.29, 1.82) is 0 Å². The lowest BCUT2D eigenvalue weighted by molar-refractivity contribution is -0.140. The molecule has 2 rings (SSSR count). The maximum absolute atomic E-state index is 14.1. The second-order valence-electron chi connectivity index (χ2n) is 13.6. The Morgan fingerprint density at radius 1 is 0.956 bits per heavy atom. The largest absolute Gasteiger partial charge is 0.399 e. The molecule has 11 heteroatoms. The molecular formula is C34H51N5O5S. The SMILES string of the molecule is CN[C@H](C(=O)NC(C(=O)N(C)[C@H](/C=C(\C)C(=O)NS(=O)(=O)c1ccc(N)c(C)c1)C(C)C)C(C)(C)C)C(C)(C)c1ccccc1. The van der Waals surface area contributed by atoms with Crippen LogP contribution in [-0.2, 0) is 29.8 Å². The van der Waals surface area contributed by atoms with Crippen LogP contribution in [0.25, 0.3) is 0 Å². The van der Waals surface area contributed by atoms with Crippen molar-refractivity contribution < 1.29 is 22.8 Å². The first kappa shape index (κ1) is 37.5. The van der Waals surface area contributed by atoms with Gasteiger partial charge in [0.25, 0.3) is 15.9 Å². The number of carbonyl (C=O) groups excluding carboxylic acids is 3. The number of likely N-dealkylation sites (N-methyl/N-ethyl adjacent to an activating group) is 2. The Kier molecular flexibility index (Phi) is 12.2. The highest BCUT2D eigenvalue weighted by atomic mass is 32.2. The number of nitrogens with two attached hydrogens (primary N) is 1. The molecule has 0 aromatic heterocycles. The molecule has 0 saturated heterocycles. The van der Waals surface area contributed by atoms with Gasteiger partial charge in [-0.05, 0) is 61.6 Å². The number of nitrogens with zero attached hydrogens (tertiary/aromatic N) is 1. The summed E-state index contributed by atoms with van der Waals surface area (Å²) in [6, 6.07) is 11.8. The van der Waals surface area contributed by atoms with Crippen molar-refractivity contribution >= 4 is 33.4 Å². The Morgan fingerprint density at radius 3 is 2.02 bits per heavy atom. The van der Waals surface area contributed by atoms with E-state index >= 15 is 0 Å². The first-order valence-corrected chi connectivity index (χ1v) is 16.5. The normalized spacial score (nSPS) is 14.8. The van der Waals surface area contributed by atoms with Gasteiger partial charge in [0.1, 0.15) is 6.04 Å². The highest BCUT2D eigenvalue weighted by Crippen LogP contribution is 2.29. The van der Waals surface area contributed by atoms with Crippen LogP contribution in [0.5, 0.6) is 0 Å². The number of benzene rings is 2. The van der Waals surface area contributed by atoms with Crippen molar-refractivity contribution in [3.05, 3.63) is 71.3 Å². The fourth-order valence-corrected chi connectivity index (χ4v) is 6.34. The maximum Gasteiger partial charge on any atom is 0.264 e. The minimum Gasteiger partial charge on any atom is -0.399 e. The molecule has 1 unspecified atom stereocenters. The lowest BCUT2D eigenvalue weighted by Crippen LogP contribution is -2.61. The van der Waals surface area contributed by atoms with Crippen molar-refractivity contribution in [3.63, 3.8) is 0 Å². The number of hydrogen-bond donors (Lipinski definition) is 4. The predicted octanol–water partition coefficient (Wildman–Crippen LogP) is 3.91. The lowest BCUT2D eigenvalue weighted by Gasteiger charge is -2.40. The number of hydrogen-bond acceptors (Lipinski definition) is 7. The van der Waals surface area contributed by atoms with Crippen molar-refractivity contribution in [3.8, 4) is 0 Å². The molecule has 0 heterocycles. The van der Waals surface area contributed by atoms with Crippen LogP contribution in [0.4, 0.5) is 5.69 Å². The minimum absolute atomic E-state index is 0.0814. The minimum atomic E-state index is -4.16. The number of amides is 3. The van der Waals surface area contributed by atoms with Gasteiger partial charge in [-0.25, -0.2) is 13.1 Å². The number of carbonyl (C=O) groups is 3. The van der Waals surface area contributed by atoms with Crippen molar-refractivity contribution in [1.82, 2.24) is 20.3 Å². The van der Waals surface area contributed by atoms with Gasteiger partial charge in [0, 0.05) is 23.7 Å². The Hall–Kier alpha value is -3.70. The zero-order valence-electron chi connectivity index (χ0n) is 28.5. The fraction of sp³-hybridized carbons (Fsp3) is 0.500. The molecule has 45 heavy (non-hydrogen) atoms. The van der Waals surface area contributed by atoms with Crippen molar-refractivity contribution in [2.24, 2.45) is 11.3 Å². The quantitative estimate of drug-likeness (QED) is 0.203. The van der Waals surface area contributed by atoms with Crippen LogP contribution in [-0.4, -0.2) is 63.3 Å². The fourth-order valence-electron chi connectivity index (χ4n) is 5.24. The van der Waals surface area contributed by atoms with E-state index in [1.807, 2.05) is 78.8 Å². The zero-order chi connectivity index (χ0) is 34.5. The molecule has 3 atom stereocenters. The molecule has 0 saturated carbocycles. The summed E-state index contributed by atoms with van der Waals surface area (Å²) in [6.07, 6.45) is 1.58. The van der Waals surface area contributed by atoms with Gasteiger partial charge >= 0.3 is 0 Å². The molecule has 0 aliphatic heterocycles. The second-order valence-corrected chi connectivity index (χ2v) is 15.3. The Morgan fingerprint density at radius 2 is 1.53 bits per heavy atom. The zero-order valence-corrected chi connectivity index (χ0v) is 29.3. The van der Waals surface area contributed by atoms with Crippen LogP contribution < -0.4 is 21.1 Å². The van der Waals surface area contributed by atoms with E-state index in [1.165, 1.54) is 30.0 Å². The molecule has 2 aromatic carbocycles. The van der Waals surface area contributed by atoms with Crippen LogP contribution in [0.3, 0.4) is 0 Å². The Bertz CT molecular complexity index is 1510. The van der Waals surface area contributed by atoms with Crippen molar-refractivity contribution in [2.75, 3.05) is 19.8 Å². The summed E-state index contributed by atoms with van der Waals surface area (Å²) < 4.78 is 27.9. The monoisotopic (exact) mass is 641 g/mol. The van der Waals surface area contributed by atoms with Crippen LogP contribution in [0, 0.1) is 18.3 Å². The van der Waals surface area contributed by atoms with E-state index in [9.17, 15) is 22.8 Å². The molecular weight excluding hydrogens is 590 g/mol. The van der Waals surface area contributed by atoms with Gasteiger partial charge in [0.05, 0.1) is 17.0 Å². The van der Waals surface area contributed by atoms with Gasteiger partial charge in [0.2, 0.25) is 11.8 Å². The topological polar surface area (TPSA) is 151 Å². The number of sulfonamides is 1. The standard InChI is InChI=1S/C34H51N5O5S/c1-21(2)27(20-23(4)30(40)38-45(43,44)25-17-18-26(35)22(3)19-25)39(11)32(42)29(33(5,6)7)37-31(41)28(36-10)34(8,9)24-15-13-12-14-16-24/h12-21,27-29,36H,35H2,1-11H3,(H,37,41)(H,38,40)/b23-20+/t27-,28-,29?/m1/s1. The number of aryl methyl sites for hydroxylation is 1. The summed E-state index contributed by atoms with van der Waals surface area (Å²) in [5, 5.41) is 6.15. The van der Waals surface area contributed by atoms with Gasteiger partial charge in [-0.15, -0.1) is 0 Å². The first-order chi connectivity index (χ1) is 20.6. The summed E-state index contributed by atoms with van der Waals surface area (Å²) in [4.78, 5) is 42.3. The summed E-state index contributed by atoms with van der Waals surface area (Å²) in [5.41, 5.74) is 6.68. The summed E-state index contributed by atoms with van der Waals surface area (Å²) in [7, 11) is -0.814. The third-order valence-electron chi connectivity index (χ3n) is 8.23. The molecule has 248 valence electrons.